The van der Waals surface area contributed by atoms with Gasteiger partial charge in [-0.1, -0.05) is 41.8 Å². The first-order valence-corrected chi connectivity index (χ1v) is 9.50. The van der Waals surface area contributed by atoms with Crippen molar-refractivity contribution in [3.63, 3.8) is 0 Å². The normalized spacial score (nSPS) is 15.3. The average molecular weight is 388 g/mol. The summed E-state index contributed by atoms with van der Waals surface area (Å²) in [4.78, 5) is 28.8. The summed E-state index contributed by atoms with van der Waals surface area (Å²) >= 11 is 4.53. The Morgan fingerprint density at radius 1 is 1.21 bits per heavy atom. The van der Waals surface area contributed by atoms with Gasteiger partial charge in [-0.3, -0.25) is 9.59 Å². The van der Waals surface area contributed by atoms with Crippen molar-refractivity contribution >= 4 is 29.9 Å². The smallest absolute Gasteiger partial charge is 0.206 e. The van der Waals surface area contributed by atoms with E-state index in [0.717, 1.165) is 22.6 Å². The fourth-order valence-electron chi connectivity index (χ4n) is 3.01. The van der Waals surface area contributed by atoms with Crippen LogP contribution in [0, 0.1) is 6.92 Å². The second-order valence-corrected chi connectivity index (χ2v) is 7.15. The first-order valence-electron chi connectivity index (χ1n) is 9.05. The monoisotopic (exact) mass is 387 g/mol. The van der Waals surface area contributed by atoms with Crippen molar-refractivity contribution in [2.75, 3.05) is 11.9 Å². The molecule has 0 unspecified atom stereocenters. The number of aryl methyl sites for hydroxylation is 1. The van der Waals surface area contributed by atoms with E-state index in [2.05, 4.69) is 24.1 Å². The summed E-state index contributed by atoms with van der Waals surface area (Å²) in [6.45, 7) is 1.99. The largest absolute Gasteiger partial charge is 0.349 e. The molecular weight excluding hydrogens is 366 g/mol. The summed E-state index contributed by atoms with van der Waals surface area (Å²) in [5, 5.41) is 0. The fourth-order valence-corrected chi connectivity index (χ4v) is 3.45. The lowest BCUT2D eigenvalue weighted by atomic mass is 9.91. The van der Waals surface area contributed by atoms with Gasteiger partial charge in [0.2, 0.25) is 5.78 Å². The zero-order valence-electron chi connectivity index (χ0n) is 15.9. The lowest BCUT2D eigenvalue weighted by Gasteiger charge is -2.19. The first-order chi connectivity index (χ1) is 13.5. The highest BCUT2D eigenvalue weighted by Gasteiger charge is 2.25. The van der Waals surface area contributed by atoms with E-state index < -0.39 is 0 Å². The topological polar surface area (TPSA) is 37.4 Å². The number of Topliss-reactive ketones (excluding diaryl/α,β-unsaturated/α-hetero) is 2. The Morgan fingerprint density at radius 3 is 2.68 bits per heavy atom. The van der Waals surface area contributed by atoms with E-state index in [1.165, 1.54) is 0 Å². The van der Waals surface area contributed by atoms with Gasteiger partial charge in [-0.2, -0.15) is 0 Å². The van der Waals surface area contributed by atoms with Gasteiger partial charge in [-0.25, -0.2) is 0 Å². The highest BCUT2D eigenvalue weighted by atomic mass is 32.1. The molecule has 2 aliphatic carbocycles. The molecule has 0 heterocycles. The van der Waals surface area contributed by atoms with Crippen LogP contribution < -0.4 is 4.90 Å². The molecule has 1 aromatic carbocycles. The van der Waals surface area contributed by atoms with Crippen LogP contribution in [0.1, 0.15) is 18.4 Å². The molecule has 0 N–H and O–H groups in total. The van der Waals surface area contributed by atoms with Crippen LogP contribution in [0.25, 0.3) is 0 Å². The summed E-state index contributed by atoms with van der Waals surface area (Å²) in [5.41, 5.74) is 8.54. The maximum atomic E-state index is 13.2. The van der Waals surface area contributed by atoms with Crippen molar-refractivity contribution in [2.24, 2.45) is 0 Å². The SMILES string of the molecule is Cc1ccc(N(C)/C=C(\C(=O)C2=C=C=CC=C2)C(=O)C2=CC=CCC2)c(S)c1. The number of benzene rings is 1. The number of ketones is 2. The minimum Gasteiger partial charge on any atom is -0.349 e. The molecule has 2 aliphatic rings. The van der Waals surface area contributed by atoms with Crippen molar-refractivity contribution in [2.45, 2.75) is 24.7 Å². The number of thiol groups is 1. The molecular formula is C24H21NO2S. The molecule has 3 nitrogen and oxygen atoms in total. The van der Waals surface area contributed by atoms with E-state index in [1.807, 2.05) is 37.3 Å². The summed E-state index contributed by atoms with van der Waals surface area (Å²) in [6, 6.07) is 5.84. The number of hydrogen-bond acceptors (Lipinski definition) is 4. The highest BCUT2D eigenvalue weighted by Crippen LogP contribution is 2.27. The lowest BCUT2D eigenvalue weighted by Crippen LogP contribution is -2.21. The van der Waals surface area contributed by atoms with Gasteiger partial charge in [0.15, 0.2) is 5.78 Å². The van der Waals surface area contributed by atoms with Crippen molar-refractivity contribution < 1.29 is 9.59 Å². The van der Waals surface area contributed by atoms with Gasteiger partial charge in [0, 0.05) is 23.7 Å². The van der Waals surface area contributed by atoms with Crippen LogP contribution in [0.15, 0.2) is 93.9 Å². The zero-order chi connectivity index (χ0) is 20.1. The number of allylic oxidation sites excluding steroid dienone is 9. The third-order valence-corrected chi connectivity index (χ3v) is 4.88. The Bertz CT molecular complexity index is 1060. The van der Waals surface area contributed by atoms with Crippen LogP contribution in [-0.4, -0.2) is 18.6 Å². The van der Waals surface area contributed by atoms with Gasteiger partial charge in [-0.05, 0) is 49.6 Å². The number of anilines is 1. The number of hydrogen-bond donors (Lipinski definition) is 1. The van der Waals surface area contributed by atoms with E-state index in [1.54, 1.807) is 42.5 Å². The summed E-state index contributed by atoms with van der Waals surface area (Å²) in [5.74, 6) is -0.622. The summed E-state index contributed by atoms with van der Waals surface area (Å²) in [6.07, 6.45) is 13.7. The predicted octanol–water partition coefficient (Wildman–Crippen LogP) is 4.82. The van der Waals surface area contributed by atoms with Gasteiger partial charge in [0.1, 0.15) is 0 Å². The van der Waals surface area contributed by atoms with Crippen LogP contribution in [0.4, 0.5) is 5.69 Å². The number of carbonyl (C=O) groups excluding carboxylic acids is 2. The van der Waals surface area contributed by atoms with E-state index in [-0.39, 0.29) is 17.1 Å². The molecule has 0 spiro atoms. The van der Waals surface area contributed by atoms with E-state index >= 15 is 0 Å². The third-order valence-electron chi connectivity index (χ3n) is 4.52. The zero-order valence-corrected chi connectivity index (χ0v) is 16.8. The van der Waals surface area contributed by atoms with Crippen LogP contribution in [0.3, 0.4) is 0 Å². The Kier molecular flexibility index (Phi) is 6.18. The molecule has 0 amide bonds. The van der Waals surface area contributed by atoms with Gasteiger partial charge in [0.25, 0.3) is 0 Å². The van der Waals surface area contributed by atoms with Gasteiger partial charge >= 0.3 is 0 Å². The molecule has 0 saturated carbocycles. The highest BCUT2D eigenvalue weighted by molar-refractivity contribution is 7.80. The van der Waals surface area contributed by atoms with Crippen LogP contribution >= 0.6 is 12.6 Å². The fraction of sp³-hybridized carbons (Fsp3) is 0.167. The minimum atomic E-state index is -0.364. The number of rotatable bonds is 6. The van der Waals surface area contributed by atoms with E-state index in [4.69, 9.17) is 0 Å². The molecule has 4 heteroatoms. The lowest BCUT2D eigenvalue weighted by molar-refractivity contribution is -0.117. The van der Waals surface area contributed by atoms with Crippen molar-refractivity contribution in [3.05, 3.63) is 94.6 Å². The van der Waals surface area contributed by atoms with Crippen LogP contribution in [0.2, 0.25) is 0 Å². The summed E-state index contributed by atoms with van der Waals surface area (Å²) in [7, 11) is 1.81. The van der Waals surface area contributed by atoms with Crippen LogP contribution in [-0.2, 0) is 9.59 Å². The molecule has 28 heavy (non-hydrogen) atoms. The molecule has 3 rings (SSSR count). The molecule has 0 atom stereocenters. The minimum absolute atomic E-state index is 0.105. The maximum absolute atomic E-state index is 13.2. The average Bonchev–Trinajstić information content (AvgIpc) is 2.72. The van der Waals surface area contributed by atoms with E-state index in [9.17, 15) is 9.59 Å². The molecule has 0 fully saturated rings. The van der Waals surface area contributed by atoms with Crippen molar-refractivity contribution in [1.29, 1.82) is 0 Å². The van der Waals surface area contributed by atoms with Gasteiger partial charge in [0.05, 0.1) is 16.8 Å². The second-order valence-electron chi connectivity index (χ2n) is 6.67. The predicted molar refractivity (Wildman–Crippen MR) is 116 cm³/mol. The Labute approximate surface area is 170 Å². The molecule has 1 aromatic rings. The van der Waals surface area contributed by atoms with Gasteiger partial charge in [-0.15, -0.1) is 12.6 Å². The van der Waals surface area contributed by atoms with Crippen molar-refractivity contribution in [1.82, 2.24) is 0 Å². The third kappa shape index (κ3) is 4.44. The molecule has 140 valence electrons. The molecule has 0 aromatic heterocycles. The Balaban J connectivity index is 2.04. The number of carbonyl (C=O) groups is 2. The molecule has 0 aliphatic heterocycles. The van der Waals surface area contributed by atoms with E-state index in [0.29, 0.717) is 17.6 Å². The first kappa shape index (κ1) is 19.7. The molecule has 0 bridgehead atoms. The number of nitrogens with zero attached hydrogens (tertiary/aromatic N) is 1. The standard InChI is InChI=1S/C24H21NO2S/c1-17-13-14-21(22(28)15-17)25(2)16-20(23(26)18-9-5-3-6-10-18)24(27)19-11-7-4-8-12-19/h3-5,7,9,11,13-16,28H,6,10H2,1-2H3/b20-16-. The Hall–Kier alpha value is -3.03. The summed E-state index contributed by atoms with van der Waals surface area (Å²) < 4.78 is 0. The second kappa shape index (κ2) is 8.77. The maximum Gasteiger partial charge on any atom is 0.206 e. The van der Waals surface area contributed by atoms with Crippen molar-refractivity contribution in [3.8, 4) is 0 Å². The Morgan fingerprint density at radius 2 is 2.04 bits per heavy atom. The quantitative estimate of drug-likeness (QED) is 0.250. The molecule has 0 radical (unpaired) electrons. The van der Waals surface area contributed by atoms with Crippen LogP contribution in [0.5, 0.6) is 0 Å². The molecule has 0 saturated heterocycles. The van der Waals surface area contributed by atoms with Gasteiger partial charge < -0.3 is 4.90 Å².